The summed E-state index contributed by atoms with van der Waals surface area (Å²) in [5.74, 6) is 0. The minimum Gasteiger partial charge on any atom is -0.455 e. The fourth-order valence-electron chi connectivity index (χ4n) is 9.17. The Kier molecular flexibility index (Phi) is 12.9. The first kappa shape index (κ1) is 45.6. The van der Waals surface area contributed by atoms with Gasteiger partial charge in [-0.3, -0.25) is 13.9 Å². The molecule has 0 bridgehead atoms. The van der Waals surface area contributed by atoms with E-state index < -0.39 is 7.44 Å². The zero-order valence-corrected chi connectivity index (χ0v) is 40.5. The Morgan fingerprint density at radius 3 is 1.67 bits per heavy atom. The first-order chi connectivity index (χ1) is 33.9. The van der Waals surface area contributed by atoms with Crippen LogP contribution >= 0.6 is 16.8 Å². The molecule has 0 fully saturated rings. The molecule has 10 aromatic carbocycles. The second kappa shape index (κ2) is 19.8. The molecule has 0 saturated carbocycles. The van der Waals surface area contributed by atoms with E-state index in [1.807, 2.05) is 150 Å². The quantitative estimate of drug-likeness (QED) is 0.145. The van der Waals surface area contributed by atoms with E-state index >= 15 is 4.57 Å². The van der Waals surface area contributed by atoms with Gasteiger partial charge in [0.25, 0.3) is 0 Å². The van der Waals surface area contributed by atoms with Gasteiger partial charge in [-0.15, -0.1) is 0 Å². The Bertz CT molecular complexity index is 3600. The smallest absolute Gasteiger partial charge is 0.301 e. The monoisotopic (exact) mass is 948 g/mol. The van der Waals surface area contributed by atoms with Gasteiger partial charge in [0.05, 0.1) is 28.1 Å². The average molecular weight is 949 g/mol. The first-order valence-corrected chi connectivity index (χ1v) is 25.1. The summed E-state index contributed by atoms with van der Waals surface area (Å²) in [7, 11) is -0.608. The maximum atomic E-state index is 16.1. The molecule has 1 aromatic heterocycles. The number of aryl methyl sites for hydroxylation is 1. The number of anilines is 8. The Morgan fingerprint density at radius 1 is 0.500 bits per heavy atom. The van der Waals surface area contributed by atoms with Crippen LogP contribution in [0.15, 0.2) is 259 Å². The van der Waals surface area contributed by atoms with E-state index in [-0.39, 0.29) is 5.48 Å². The van der Waals surface area contributed by atoms with E-state index in [1.54, 1.807) is 0 Å². The van der Waals surface area contributed by atoms with Crippen LogP contribution in [0.4, 0.5) is 45.5 Å². The van der Waals surface area contributed by atoms with E-state index in [9.17, 15) is 0 Å². The Labute approximate surface area is 411 Å². The van der Waals surface area contributed by atoms with Gasteiger partial charge in [0.2, 0.25) is 0 Å². The molecule has 2 heterocycles. The maximum absolute atomic E-state index is 16.1. The molecule has 1 aliphatic heterocycles. The summed E-state index contributed by atoms with van der Waals surface area (Å²) in [6, 6.07) is 86.5. The van der Waals surface area contributed by atoms with Crippen molar-refractivity contribution in [2.75, 3.05) is 19.3 Å². The predicted molar refractivity (Wildman–Crippen MR) is 298 cm³/mol. The lowest BCUT2D eigenvalue weighted by Gasteiger charge is -2.33. The minimum absolute atomic E-state index is 0. The first-order valence-electron chi connectivity index (χ1n) is 23.0. The molecular weight excluding hydrogens is 899 g/mol. The van der Waals surface area contributed by atoms with Crippen molar-refractivity contribution in [3.05, 3.63) is 260 Å². The van der Waals surface area contributed by atoms with Gasteiger partial charge >= 0.3 is 7.44 Å². The number of hydrogen-bond donors (Lipinski definition) is 1. The summed E-state index contributed by atoms with van der Waals surface area (Å²) in [5, 5.41) is 6.50. The van der Waals surface area contributed by atoms with Gasteiger partial charge in [-0.2, -0.15) is 0 Å². The molecule has 0 aliphatic carbocycles. The van der Waals surface area contributed by atoms with Gasteiger partial charge in [-0.1, -0.05) is 163 Å². The van der Waals surface area contributed by atoms with E-state index in [1.165, 1.54) is 5.56 Å². The number of para-hydroxylation sites is 5. The van der Waals surface area contributed by atoms with Crippen molar-refractivity contribution < 1.29 is 14.5 Å². The summed E-state index contributed by atoms with van der Waals surface area (Å²) >= 11 is 0. The van der Waals surface area contributed by atoms with Crippen molar-refractivity contribution in [1.82, 2.24) is 0 Å². The van der Waals surface area contributed by atoms with Crippen molar-refractivity contribution in [3.8, 4) is 22.3 Å². The molecule has 3 N–H and O–H groups in total. The average Bonchev–Trinajstić information content (AvgIpc) is 3.92. The molecule has 0 saturated heterocycles. The Morgan fingerprint density at radius 2 is 1.04 bits per heavy atom. The SMILES string of the molecule is Cc1ccccc1.O.O=P1(c2ccccc2)N(c2ccccc2)c2ccc(-c3ccc4oc5c(-c6ccc(N(P)c7ccccc7)c(Nc7ccccc7)c6)cccc5c4c3)cc2N1c1ccccc1. The zero-order chi connectivity index (χ0) is 46.7. The molecule has 7 nitrogen and oxygen atoms in total. The fourth-order valence-corrected chi connectivity index (χ4v) is 12.6. The summed E-state index contributed by atoms with van der Waals surface area (Å²) in [5.41, 5.74) is 14.6. The third kappa shape index (κ3) is 8.63. The van der Waals surface area contributed by atoms with Gasteiger partial charge in [0.1, 0.15) is 11.2 Å². The van der Waals surface area contributed by atoms with E-state index in [2.05, 4.69) is 140 Å². The van der Waals surface area contributed by atoms with E-state index in [0.29, 0.717) is 0 Å². The third-order valence-corrected chi connectivity index (χ3v) is 16.0. The van der Waals surface area contributed by atoms with Gasteiger partial charge < -0.3 is 19.9 Å². The lowest BCUT2D eigenvalue weighted by atomic mass is 9.99. The number of furan rings is 1. The second-order valence-corrected chi connectivity index (χ2v) is 19.9. The number of rotatable bonds is 9. The third-order valence-electron chi connectivity index (χ3n) is 12.5. The fraction of sp³-hybridized carbons (Fsp3) is 0.0164. The highest BCUT2D eigenvalue weighted by Gasteiger charge is 2.49. The standard InChI is InChI=1S/C54H40N4O2P2.C7H8.H2O/c59-62(45-25-14-5-15-26-45)57(43-21-10-3-11-22-43)51-33-29-39(37-52(51)58(62)44-23-12-4-13-24-44)38-31-34-53-48(35-38)47-28-16-27-46(54(47)60-53)40-30-32-50(56(61)42-19-8-2-9-20-42)49(36-40)55-41-17-6-1-7-18-41;1-7-5-3-2-4-6-7;/h1-37,55H,61H2;2-6H,1H3;1H2. The predicted octanol–water partition coefficient (Wildman–Crippen LogP) is 16.6. The molecule has 2 unspecified atom stereocenters. The lowest BCUT2D eigenvalue weighted by Crippen LogP contribution is -2.26. The van der Waals surface area contributed by atoms with Gasteiger partial charge in [-0.05, 0) is 130 Å². The minimum atomic E-state index is -3.48. The molecule has 342 valence electrons. The van der Waals surface area contributed by atoms with Crippen LogP contribution in [-0.2, 0) is 4.57 Å². The summed E-state index contributed by atoms with van der Waals surface area (Å²) in [4.78, 5) is 0. The Hall–Kier alpha value is -8.18. The van der Waals surface area contributed by atoms with Crippen LogP contribution in [0, 0.1) is 6.92 Å². The van der Waals surface area contributed by atoms with Crippen LogP contribution in [0.2, 0.25) is 0 Å². The summed E-state index contributed by atoms with van der Waals surface area (Å²) in [6.07, 6.45) is 0. The van der Waals surface area contributed by atoms with Crippen LogP contribution < -0.4 is 24.6 Å². The molecular formula is C61H50N4O3P2. The normalized spacial score (nSPS) is 13.8. The largest absolute Gasteiger partial charge is 0.455 e. The van der Waals surface area contributed by atoms with Gasteiger partial charge in [0, 0.05) is 39.1 Å². The topological polar surface area (TPSA) is 83.5 Å². The number of hydrogen-bond acceptors (Lipinski definition) is 4. The summed E-state index contributed by atoms with van der Waals surface area (Å²) in [6.45, 7) is 2.08. The molecule has 0 radical (unpaired) electrons. The molecule has 2 atom stereocenters. The summed E-state index contributed by atoms with van der Waals surface area (Å²) < 4.78 is 29.0. The van der Waals surface area contributed by atoms with Crippen LogP contribution in [0.1, 0.15) is 5.56 Å². The molecule has 11 aromatic rings. The van der Waals surface area contributed by atoms with Crippen LogP contribution in [0.3, 0.4) is 0 Å². The Balaban J connectivity index is 0.000000654. The van der Waals surface area contributed by atoms with Crippen LogP contribution in [-0.4, -0.2) is 5.48 Å². The molecule has 12 rings (SSSR count). The van der Waals surface area contributed by atoms with Crippen molar-refractivity contribution in [2.24, 2.45) is 0 Å². The lowest BCUT2D eigenvalue weighted by molar-refractivity contribution is 0.582. The molecule has 0 spiro atoms. The zero-order valence-electron chi connectivity index (χ0n) is 38.4. The van der Waals surface area contributed by atoms with Gasteiger partial charge in [-0.25, -0.2) is 0 Å². The number of nitrogens with zero attached hydrogens (tertiary/aromatic N) is 3. The van der Waals surface area contributed by atoms with E-state index in [0.717, 1.165) is 95.0 Å². The molecule has 1 aliphatic rings. The molecule has 70 heavy (non-hydrogen) atoms. The molecule has 0 amide bonds. The number of fused-ring (bicyclic) bond motifs is 4. The second-order valence-electron chi connectivity index (χ2n) is 17.0. The van der Waals surface area contributed by atoms with Gasteiger partial charge in [0.15, 0.2) is 0 Å². The number of nitrogens with one attached hydrogen (secondary N) is 1. The van der Waals surface area contributed by atoms with Crippen molar-refractivity contribution in [2.45, 2.75) is 6.92 Å². The van der Waals surface area contributed by atoms with Crippen LogP contribution in [0.5, 0.6) is 0 Å². The van der Waals surface area contributed by atoms with Crippen molar-refractivity contribution >= 4 is 89.6 Å². The highest BCUT2D eigenvalue weighted by Crippen LogP contribution is 2.70. The molecule has 9 heteroatoms. The highest BCUT2D eigenvalue weighted by atomic mass is 31.2. The number of benzene rings is 10. The van der Waals surface area contributed by atoms with Crippen molar-refractivity contribution in [3.63, 3.8) is 0 Å². The van der Waals surface area contributed by atoms with E-state index in [4.69, 9.17) is 4.42 Å². The van der Waals surface area contributed by atoms with Crippen LogP contribution in [0.25, 0.3) is 44.2 Å². The maximum Gasteiger partial charge on any atom is 0.301 e. The highest BCUT2D eigenvalue weighted by molar-refractivity contribution is 7.76. The van der Waals surface area contributed by atoms with Crippen molar-refractivity contribution in [1.29, 1.82) is 0 Å².